The third-order valence-corrected chi connectivity index (χ3v) is 3.99. The molecule has 2 N–H and O–H groups in total. The van der Waals surface area contributed by atoms with E-state index in [9.17, 15) is 9.90 Å². The van der Waals surface area contributed by atoms with Gasteiger partial charge in [-0.2, -0.15) is 5.10 Å². The van der Waals surface area contributed by atoms with Gasteiger partial charge in [-0.3, -0.25) is 4.79 Å². The highest BCUT2D eigenvalue weighted by Gasteiger charge is 2.12. The minimum atomic E-state index is -0.381. The highest BCUT2D eigenvalue weighted by Crippen LogP contribution is 2.20. The van der Waals surface area contributed by atoms with Crippen molar-refractivity contribution < 1.29 is 14.6 Å². The number of rotatable bonds is 6. The highest BCUT2D eigenvalue weighted by molar-refractivity contribution is 6.03. The number of carbonyl (C=O) groups excluding carboxylic acids is 1. The Labute approximate surface area is 157 Å². The minimum absolute atomic E-state index is 0.111. The molecule has 3 rings (SSSR count). The summed E-state index contributed by atoms with van der Waals surface area (Å²) in [6.07, 6.45) is 0. The third kappa shape index (κ3) is 4.73. The molecule has 0 saturated heterocycles. The molecule has 0 spiro atoms. The molecule has 136 valence electrons. The first kappa shape index (κ1) is 18.2. The zero-order valence-electron chi connectivity index (χ0n) is 14.9. The van der Waals surface area contributed by atoms with E-state index in [4.69, 9.17) is 4.74 Å². The number of para-hydroxylation sites is 2. The predicted octanol–water partition coefficient (Wildman–Crippen LogP) is 4.13. The first-order valence-electron chi connectivity index (χ1n) is 8.54. The lowest BCUT2D eigenvalue weighted by Crippen LogP contribution is -2.20. The van der Waals surface area contributed by atoms with Crippen LogP contribution < -0.4 is 10.2 Å². The van der Waals surface area contributed by atoms with Crippen molar-refractivity contribution in [3.8, 4) is 11.5 Å². The van der Waals surface area contributed by atoms with Crippen LogP contribution in [-0.2, 0) is 6.61 Å². The van der Waals surface area contributed by atoms with Gasteiger partial charge in [-0.05, 0) is 36.8 Å². The van der Waals surface area contributed by atoms with Crippen LogP contribution in [0.15, 0.2) is 84.0 Å². The van der Waals surface area contributed by atoms with Crippen LogP contribution in [0.1, 0.15) is 28.4 Å². The topological polar surface area (TPSA) is 70.9 Å². The number of nitrogens with zero attached hydrogens (tertiary/aromatic N) is 1. The fourth-order valence-electron chi connectivity index (χ4n) is 2.55. The van der Waals surface area contributed by atoms with Crippen molar-refractivity contribution in [2.24, 2.45) is 5.10 Å². The van der Waals surface area contributed by atoms with Crippen LogP contribution in [0.4, 0.5) is 0 Å². The third-order valence-electron chi connectivity index (χ3n) is 3.99. The Balaban J connectivity index is 1.71. The second-order valence-corrected chi connectivity index (χ2v) is 5.93. The van der Waals surface area contributed by atoms with Gasteiger partial charge in [-0.15, -0.1) is 0 Å². The van der Waals surface area contributed by atoms with Gasteiger partial charge in [0.05, 0.1) is 11.3 Å². The average Bonchev–Trinajstić information content (AvgIpc) is 2.71. The van der Waals surface area contributed by atoms with Crippen LogP contribution in [0.25, 0.3) is 0 Å². The molecule has 0 fully saturated rings. The van der Waals surface area contributed by atoms with E-state index in [1.165, 1.54) is 0 Å². The Kier molecular flexibility index (Phi) is 5.84. The van der Waals surface area contributed by atoms with Crippen molar-refractivity contribution in [1.82, 2.24) is 5.43 Å². The van der Waals surface area contributed by atoms with Gasteiger partial charge in [0.2, 0.25) is 0 Å². The van der Waals surface area contributed by atoms with Crippen LogP contribution in [0, 0.1) is 0 Å². The lowest BCUT2D eigenvalue weighted by Gasteiger charge is -2.11. The fraction of sp³-hybridized carbons (Fsp3) is 0.0909. The number of hydrogen-bond acceptors (Lipinski definition) is 4. The zero-order chi connectivity index (χ0) is 19.1. The lowest BCUT2D eigenvalue weighted by atomic mass is 10.1. The Hall–Kier alpha value is -3.60. The van der Waals surface area contributed by atoms with Crippen LogP contribution in [0.2, 0.25) is 0 Å². The van der Waals surface area contributed by atoms with Crippen molar-refractivity contribution in [3.63, 3.8) is 0 Å². The minimum Gasteiger partial charge on any atom is -0.507 e. The Bertz CT molecular complexity index is 953. The van der Waals surface area contributed by atoms with Crippen molar-refractivity contribution in [2.75, 3.05) is 0 Å². The maximum Gasteiger partial charge on any atom is 0.275 e. The Morgan fingerprint density at radius 3 is 2.30 bits per heavy atom. The summed E-state index contributed by atoms with van der Waals surface area (Å²) in [6.45, 7) is 2.08. The maximum atomic E-state index is 12.5. The molecule has 0 aromatic heterocycles. The number of hydrogen-bond donors (Lipinski definition) is 2. The van der Waals surface area contributed by atoms with Gasteiger partial charge >= 0.3 is 0 Å². The van der Waals surface area contributed by atoms with Gasteiger partial charge in [-0.1, -0.05) is 54.6 Å². The molecule has 0 saturated carbocycles. The number of hydrazone groups is 1. The number of phenols is 1. The molecule has 0 atom stereocenters. The molecule has 0 aliphatic heterocycles. The monoisotopic (exact) mass is 360 g/mol. The first-order valence-corrected chi connectivity index (χ1v) is 8.54. The van der Waals surface area contributed by atoms with Crippen LogP contribution >= 0.6 is 0 Å². The van der Waals surface area contributed by atoms with Crippen molar-refractivity contribution in [3.05, 3.63) is 95.6 Å². The van der Waals surface area contributed by atoms with E-state index < -0.39 is 0 Å². The molecule has 1 amide bonds. The standard InChI is InChI=1S/C22H20N2O3/c1-16(18-11-5-7-13-20(18)25)23-24-22(26)19-12-6-8-14-21(19)27-15-17-9-3-2-4-10-17/h2-14,25H,15H2,1H3,(H,24,26)/b23-16+. The van der Waals surface area contributed by atoms with Gasteiger partial charge in [-0.25, -0.2) is 5.43 Å². The molecule has 0 bridgehead atoms. The van der Waals surface area contributed by atoms with E-state index in [1.807, 2.05) is 36.4 Å². The summed E-state index contributed by atoms with van der Waals surface area (Å²) in [5, 5.41) is 14.0. The second-order valence-electron chi connectivity index (χ2n) is 5.93. The van der Waals surface area contributed by atoms with Gasteiger partial charge in [0.15, 0.2) is 0 Å². The van der Waals surface area contributed by atoms with E-state index in [1.54, 1.807) is 49.4 Å². The SMILES string of the molecule is C/C(=N\NC(=O)c1ccccc1OCc1ccccc1)c1ccccc1O. The van der Waals surface area contributed by atoms with E-state index in [2.05, 4.69) is 10.5 Å². The summed E-state index contributed by atoms with van der Waals surface area (Å²) in [5.74, 6) is 0.210. The summed E-state index contributed by atoms with van der Waals surface area (Å²) in [5.41, 5.74) is 4.99. The molecule has 27 heavy (non-hydrogen) atoms. The fourth-order valence-corrected chi connectivity index (χ4v) is 2.55. The molecule has 3 aromatic carbocycles. The molecule has 0 heterocycles. The molecule has 0 radical (unpaired) electrons. The molecular formula is C22H20N2O3. The van der Waals surface area contributed by atoms with Gasteiger partial charge < -0.3 is 9.84 Å². The maximum absolute atomic E-state index is 12.5. The van der Waals surface area contributed by atoms with Crippen molar-refractivity contribution in [1.29, 1.82) is 0 Å². The summed E-state index contributed by atoms with van der Waals surface area (Å²) in [6, 6.07) is 23.6. The smallest absolute Gasteiger partial charge is 0.275 e. The highest BCUT2D eigenvalue weighted by atomic mass is 16.5. The van der Waals surface area contributed by atoms with E-state index in [-0.39, 0.29) is 11.7 Å². The molecule has 5 heteroatoms. The molecule has 0 unspecified atom stereocenters. The second kappa shape index (κ2) is 8.67. The van der Waals surface area contributed by atoms with Crippen molar-refractivity contribution >= 4 is 11.6 Å². The van der Waals surface area contributed by atoms with Gasteiger partial charge in [0.25, 0.3) is 5.91 Å². The first-order chi connectivity index (χ1) is 13.1. The Morgan fingerprint density at radius 2 is 1.56 bits per heavy atom. The summed E-state index contributed by atoms with van der Waals surface area (Å²) in [4.78, 5) is 12.5. The molecular weight excluding hydrogens is 340 g/mol. The number of ether oxygens (including phenoxy) is 1. The molecule has 0 aliphatic carbocycles. The predicted molar refractivity (Wildman–Crippen MR) is 105 cm³/mol. The molecule has 0 aliphatic rings. The number of amides is 1. The number of benzene rings is 3. The van der Waals surface area contributed by atoms with Gasteiger partial charge in [0.1, 0.15) is 18.1 Å². The number of phenolic OH excluding ortho intramolecular Hbond substituents is 1. The van der Waals surface area contributed by atoms with Gasteiger partial charge in [0, 0.05) is 5.56 Å². The zero-order valence-corrected chi connectivity index (χ0v) is 14.9. The van der Waals surface area contributed by atoms with E-state index in [0.29, 0.717) is 29.2 Å². The molecule has 5 nitrogen and oxygen atoms in total. The van der Waals surface area contributed by atoms with E-state index >= 15 is 0 Å². The summed E-state index contributed by atoms with van der Waals surface area (Å²) in [7, 11) is 0. The Morgan fingerprint density at radius 1 is 0.926 bits per heavy atom. The lowest BCUT2D eigenvalue weighted by molar-refractivity contribution is 0.0950. The van der Waals surface area contributed by atoms with Crippen LogP contribution in [-0.4, -0.2) is 16.7 Å². The van der Waals surface area contributed by atoms with Crippen LogP contribution in [0.5, 0.6) is 11.5 Å². The normalized spacial score (nSPS) is 11.1. The average molecular weight is 360 g/mol. The molecule has 3 aromatic rings. The van der Waals surface area contributed by atoms with Crippen LogP contribution in [0.3, 0.4) is 0 Å². The van der Waals surface area contributed by atoms with Crippen molar-refractivity contribution in [2.45, 2.75) is 13.5 Å². The van der Waals surface area contributed by atoms with E-state index in [0.717, 1.165) is 5.56 Å². The largest absolute Gasteiger partial charge is 0.507 e. The quantitative estimate of drug-likeness (QED) is 0.513. The number of nitrogens with one attached hydrogen (secondary N) is 1. The number of carbonyl (C=O) groups is 1. The summed E-state index contributed by atoms with van der Waals surface area (Å²) < 4.78 is 5.81. The number of aromatic hydroxyl groups is 1. The summed E-state index contributed by atoms with van der Waals surface area (Å²) >= 11 is 0.